The summed E-state index contributed by atoms with van der Waals surface area (Å²) in [6, 6.07) is 3.88. The minimum atomic E-state index is -0.0165. The molecule has 3 heterocycles. The van der Waals surface area contributed by atoms with E-state index in [-0.39, 0.29) is 5.41 Å². The van der Waals surface area contributed by atoms with Gasteiger partial charge in [0.25, 0.3) is 0 Å². The second-order valence-corrected chi connectivity index (χ2v) is 7.25. The van der Waals surface area contributed by atoms with E-state index in [1.54, 1.807) is 0 Å². The molecule has 0 radical (unpaired) electrons. The maximum Gasteiger partial charge on any atom is 0.133 e. The topological polar surface area (TPSA) is 41.9 Å². The van der Waals surface area contributed by atoms with Crippen LogP contribution in [-0.2, 0) is 24.9 Å². The zero-order valence-corrected chi connectivity index (χ0v) is 14.1. The van der Waals surface area contributed by atoms with E-state index in [1.165, 1.54) is 11.1 Å². The number of aromatic nitrogens is 3. The SMILES string of the molecule is CC(C)(C)c1ncc2c(n1)CN(Cc1ccc(Cl)nc1)CC2. The first-order valence-electron chi connectivity index (χ1n) is 7.60. The van der Waals surface area contributed by atoms with Crippen molar-refractivity contribution >= 4 is 11.6 Å². The van der Waals surface area contributed by atoms with Crippen molar-refractivity contribution in [2.75, 3.05) is 6.54 Å². The molecule has 1 aliphatic heterocycles. The van der Waals surface area contributed by atoms with Gasteiger partial charge in [-0.15, -0.1) is 0 Å². The van der Waals surface area contributed by atoms with Crippen LogP contribution >= 0.6 is 11.6 Å². The van der Waals surface area contributed by atoms with Crippen LogP contribution in [0.2, 0.25) is 5.15 Å². The van der Waals surface area contributed by atoms with Gasteiger partial charge in [-0.1, -0.05) is 38.4 Å². The maximum absolute atomic E-state index is 5.84. The molecule has 3 rings (SSSR count). The monoisotopic (exact) mass is 316 g/mol. The summed E-state index contributed by atoms with van der Waals surface area (Å²) < 4.78 is 0. The lowest BCUT2D eigenvalue weighted by Crippen LogP contribution is -2.32. The quantitative estimate of drug-likeness (QED) is 0.797. The molecule has 1 aliphatic rings. The molecule has 5 heteroatoms. The number of fused-ring (bicyclic) bond motifs is 1. The summed E-state index contributed by atoms with van der Waals surface area (Å²) in [5, 5.41) is 0.537. The molecule has 116 valence electrons. The Bertz CT molecular complexity index is 661. The molecule has 0 N–H and O–H groups in total. The standard InChI is InChI=1S/C17H21ClN4/c1-17(2,3)16-20-9-13-6-7-22(11-14(13)21-16)10-12-4-5-15(18)19-8-12/h4-5,8-9H,6-7,10-11H2,1-3H3. The lowest BCUT2D eigenvalue weighted by molar-refractivity contribution is 0.240. The van der Waals surface area contributed by atoms with Crippen LogP contribution in [0.3, 0.4) is 0 Å². The Morgan fingerprint density at radius 2 is 2.00 bits per heavy atom. The van der Waals surface area contributed by atoms with E-state index in [1.807, 2.05) is 24.5 Å². The minimum absolute atomic E-state index is 0.0165. The van der Waals surface area contributed by atoms with Crippen molar-refractivity contribution in [2.24, 2.45) is 0 Å². The highest BCUT2D eigenvalue weighted by atomic mass is 35.5. The molecular formula is C17H21ClN4. The van der Waals surface area contributed by atoms with Crippen LogP contribution in [0.15, 0.2) is 24.5 Å². The van der Waals surface area contributed by atoms with Crippen molar-refractivity contribution in [3.63, 3.8) is 0 Å². The largest absolute Gasteiger partial charge is 0.293 e. The fourth-order valence-corrected chi connectivity index (χ4v) is 2.72. The van der Waals surface area contributed by atoms with Gasteiger partial charge < -0.3 is 0 Å². The van der Waals surface area contributed by atoms with Crippen molar-refractivity contribution in [2.45, 2.75) is 45.7 Å². The lowest BCUT2D eigenvalue weighted by Gasteiger charge is -2.29. The number of rotatable bonds is 2. The Balaban J connectivity index is 1.76. The predicted molar refractivity (Wildman–Crippen MR) is 87.8 cm³/mol. The average molecular weight is 317 g/mol. The highest BCUT2D eigenvalue weighted by Crippen LogP contribution is 2.23. The number of hydrogen-bond acceptors (Lipinski definition) is 4. The highest BCUT2D eigenvalue weighted by Gasteiger charge is 2.23. The molecule has 0 saturated heterocycles. The Morgan fingerprint density at radius 3 is 2.68 bits per heavy atom. The third kappa shape index (κ3) is 3.45. The minimum Gasteiger partial charge on any atom is -0.293 e. The fraction of sp³-hybridized carbons (Fsp3) is 0.471. The summed E-state index contributed by atoms with van der Waals surface area (Å²) in [5.41, 5.74) is 3.60. The highest BCUT2D eigenvalue weighted by molar-refractivity contribution is 6.29. The van der Waals surface area contributed by atoms with Crippen LogP contribution in [0.4, 0.5) is 0 Å². The Morgan fingerprint density at radius 1 is 1.18 bits per heavy atom. The lowest BCUT2D eigenvalue weighted by atomic mass is 9.95. The van der Waals surface area contributed by atoms with Crippen LogP contribution in [0.25, 0.3) is 0 Å². The van der Waals surface area contributed by atoms with Gasteiger partial charge in [0, 0.05) is 37.4 Å². The van der Waals surface area contributed by atoms with Crippen LogP contribution in [0.1, 0.15) is 43.4 Å². The number of halogens is 1. The molecule has 0 fully saturated rings. The summed E-state index contributed by atoms with van der Waals surface area (Å²) in [7, 11) is 0. The molecule has 0 spiro atoms. The van der Waals surface area contributed by atoms with Gasteiger partial charge in [0.05, 0.1) is 5.69 Å². The van der Waals surface area contributed by atoms with E-state index in [0.29, 0.717) is 5.15 Å². The molecule has 0 aliphatic carbocycles. The van der Waals surface area contributed by atoms with E-state index < -0.39 is 0 Å². The fourth-order valence-electron chi connectivity index (χ4n) is 2.61. The number of nitrogens with zero attached hydrogens (tertiary/aromatic N) is 4. The smallest absolute Gasteiger partial charge is 0.133 e. The number of pyridine rings is 1. The molecule has 0 amide bonds. The van der Waals surface area contributed by atoms with E-state index in [0.717, 1.165) is 37.6 Å². The second kappa shape index (κ2) is 5.94. The van der Waals surface area contributed by atoms with Crippen molar-refractivity contribution in [1.29, 1.82) is 0 Å². The first kappa shape index (κ1) is 15.4. The van der Waals surface area contributed by atoms with Crippen LogP contribution in [-0.4, -0.2) is 26.4 Å². The van der Waals surface area contributed by atoms with E-state index in [2.05, 4.69) is 35.6 Å². The van der Waals surface area contributed by atoms with Crippen LogP contribution in [0, 0.1) is 0 Å². The van der Waals surface area contributed by atoms with Gasteiger partial charge >= 0.3 is 0 Å². The van der Waals surface area contributed by atoms with Gasteiger partial charge in [-0.2, -0.15) is 0 Å². The first-order valence-corrected chi connectivity index (χ1v) is 7.98. The third-order valence-corrected chi connectivity index (χ3v) is 4.11. The van der Waals surface area contributed by atoms with Gasteiger partial charge in [-0.25, -0.2) is 15.0 Å². The van der Waals surface area contributed by atoms with Crippen molar-refractivity contribution < 1.29 is 0 Å². The van der Waals surface area contributed by atoms with Crippen molar-refractivity contribution in [3.8, 4) is 0 Å². The molecule has 0 aromatic carbocycles. The van der Waals surface area contributed by atoms with Crippen LogP contribution < -0.4 is 0 Å². The first-order chi connectivity index (χ1) is 10.4. The molecule has 0 saturated carbocycles. The molecule has 2 aromatic heterocycles. The normalized spacial score (nSPS) is 15.6. The van der Waals surface area contributed by atoms with Crippen molar-refractivity contribution in [1.82, 2.24) is 19.9 Å². The Kier molecular flexibility index (Phi) is 4.15. The summed E-state index contributed by atoms with van der Waals surface area (Å²) in [5.74, 6) is 0.918. The zero-order valence-electron chi connectivity index (χ0n) is 13.3. The maximum atomic E-state index is 5.84. The molecule has 0 unspecified atom stereocenters. The summed E-state index contributed by atoms with van der Waals surface area (Å²) in [4.78, 5) is 15.9. The van der Waals surface area contributed by atoms with Gasteiger partial charge in [0.1, 0.15) is 11.0 Å². The van der Waals surface area contributed by atoms with E-state index >= 15 is 0 Å². The van der Waals surface area contributed by atoms with Gasteiger partial charge in [-0.3, -0.25) is 4.90 Å². The molecule has 2 aromatic rings. The second-order valence-electron chi connectivity index (χ2n) is 6.87. The third-order valence-electron chi connectivity index (χ3n) is 3.89. The van der Waals surface area contributed by atoms with Gasteiger partial charge in [-0.05, 0) is 23.6 Å². The molecule has 0 bridgehead atoms. The van der Waals surface area contributed by atoms with Gasteiger partial charge in [0.2, 0.25) is 0 Å². The molecular weight excluding hydrogens is 296 g/mol. The Hall–Kier alpha value is -1.52. The molecule has 22 heavy (non-hydrogen) atoms. The van der Waals surface area contributed by atoms with Gasteiger partial charge in [0.15, 0.2) is 0 Å². The van der Waals surface area contributed by atoms with E-state index in [9.17, 15) is 0 Å². The summed E-state index contributed by atoms with van der Waals surface area (Å²) in [6.07, 6.45) is 4.85. The average Bonchev–Trinajstić information content (AvgIpc) is 2.48. The van der Waals surface area contributed by atoms with Crippen LogP contribution in [0.5, 0.6) is 0 Å². The molecule has 4 nitrogen and oxygen atoms in total. The molecule has 0 atom stereocenters. The summed E-state index contributed by atoms with van der Waals surface area (Å²) in [6.45, 7) is 9.20. The zero-order chi connectivity index (χ0) is 15.7. The Labute approximate surface area is 136 Å². The van der Waals surface area contributed by atoms with E-state index in [4.69, 9.17) is 16.6 Å². The summed E-state index contributed by atoms with van der Waals surface area (Å²) >= 11 is 5.84. The predicted octanol–water partition coefficient (Wildman–Crippen LogP) is 3.38. The van der Waals surface area contributed by atoms with Crippen molar-refractivity contribution in [3.05, 3.63) is 52.3 Å². The number of hydrogen-bond donors (Lipinski definition) is 0.